The molecule has 0 spiro atoms. The van der Waals surface area contributed by atoms with E-state index in [0.29, 0.717) is 19.5 Å². The fourth-order valence-corrected chi connectivity index (χ4v) is 4.83. The highest BCUT2D eigenvalue weighted by Crippen LogP contribution is 2.23. The second-order valence-electron chi connectivity index (χ2n) is 8.52. The van der Waals surface area contributed by atoms with Crippen LogP contribution in [0.15, 0.2) is 0 Å². The molecule has 0 atom stereocenters. The molecule has 0 unspecified atom stereocenters. The second kappa shape index (κ2) is 10.4. The van der Waals surface area contributed by atoms with E-state index in [-0.39, 0.29) is 5.91 Å². The lowest BCUT2D eigenvalue weighted by molar-refractivity contribution is -0.131. The number of morpholine rings is 1. The van der Waals surface area contributed by atoms with Crippen molar-refractivity contribution in [2.75, 3.05) is 52.5 Å². The van der Waals surface area contributed by atoms with E-state index in [0.717, 1.165) is 70.8 Å². The van der Waals surface area contributed by atoms with Crippen molar-refractivity contribution < 1.29 is 9.53 Å². The van der Waals surface area contributed by atoms with Gasteiger partial charge in [0.25, 0.3) is 0 Å². The quantitative estimate of drug-likeness (QED) is 0.691. The number of nitrogens with zero attached hydrogens (tertiary/aromatic N) is 7. The third-order valence-corrected chi connectivity index (χ3v) is 6.59. The SMILES string of the molecule is O=C(CCn1nnnc1CN1CCOCC1)N1CCCN(C2CCCCC2)CC1. The first-order chi connectivity index (χ1) is 14.3. The van der Waals surface area contributed by atoms with Gasteiger partial charge in [-0.3, -0.25) is 14.6 Å². The summed E-state index contributed by atoms with van der Waals surface area (Å²) in [6.45, 7) is 8.45. The van der Waals surface area contributed by atoms with Gasteiger partial charge < -0.3 is 9.64 Å². The van der Waals surface area contributed by atoms with Crippen LogP contribution in [0.2, 0.25) is 0 Å². The molecule has 0 radical (unpaired) electrons. The molecule has 162 valence electrons. The van der Waals surface area contributed by atoms with Crippen molar-refractivity contribution in [2.45, 2.75) is 64.1 Å². The summed E-state index contributed by atoms with van der Waals surface area (Å²) in [5, 5.41) is 12.1. The Kier molecular flexibility index (Phi) is 7.45. The monoisotopic (exact) mass is 405 g/mol. The Balaban J connectivity index is 1.24. The maximum atomic E-state index is 12.8. The van der Waals surface area contributed by atoms with Gasteiger partial charge in [0.2, 0.25) is 5.91 Å². The Morgan fingerprint density at radius 3 is 2.62 bits per heavy atom. The summed E-state index contributed by atoms with van der Waals surface area (Å²) in [7, 11) is 0. The fraction of sp³-hybridized carbons (Fsp3) is 0.900. The molecule has 1 amide bonds. The van der Waals surface area contributed by atoms with Gasteiger partial charge in [-0.15, -0.1) is 5.10 Å². The molecule has 0 aromatic carbocycles. The maximum Gasteiger partial charge on any atom is 0.224 e. The topological polar surface area (TPSA) is 79.6 Å². The van der Waals surface area contributed by atoms with Crippen molar-refractivity contribution in [1.82, 2.24) is 34.9 Å². The first-order valence-electron chi connectivity index (χ1n) is 11.4. The van der Waals surface area contributed by atoms with E-state index in [1.807, 2.05) is 0 Å². The third-order valence-electron chi connectivity index (χ3n) is 6.59. The Hall–Kier alpha value is -1.58. The van der Waals surface area contributed by atoms with Gasteiger partial charge in [-0.1, -0.05) is 19.3 Å². The Labute approximate surface area is 173 Å². The van der Waals surface area contributed by atoms with Crippen molar-refractivity contribution in [3.05, 3.63) is 5.82 Å². The zero-order chi connectivity index (χ0) is 19.9. The van der Waals surface area contributed by atoms with Crippen molar-refractivity contribution in [3.63, 3.8) is 0 Å². The molecular formula is C20H35N7O2. The van der Waals surface area contributed by atoms with Crippen LogP contribution < -0.4 is 0 Å². The van der Waals surface area contributed by atoms with Crippen LogP contribution >= 0.6 is 0 Å². The van der Waals surface area contributed by atoms with Gasteiger partial charge in [0.1, 0.15) is 0 Å². The van der Waals surface area contributed by atoms with Gasteiger partial charge >= 0.3 is 0 Å². The number of aromatic nitrogens is 4. The standard InChI is InChI=1S/C20H35N7O2/c28-20(26-9-4-8-25(11-12-26)18-5-2-1-3-6-18)7-10-27-19(21-22-23-27)17-24-13-15-29-16-14-24/h18H,1-17H2. The van der Waals surface area contributed by atoms with Crippen LogP contribution in [0.25, 0.3) is 0 Å². The van der Waals surface area contributed by atoms with E-state index in [1.54, 1.807) is 4.68 Å². The Morgan fingerprint density at radius 2 is 1.79 bits per heavy atom. The molecule has 0 N–H and O–H groups in total. The lowest BCUT2D eigenvalue weighted by Crippen LogP contribution is -2.40. The first-order valence-corrected chi connectivity index (χ1v) is 11.4. The smallest absolute Gasteiger partial charge is 0.224 e. The van der Waals surface area contributed by atoms with E-state index in [1.165, 1.54) is 32.1 Å². The van der Waals surface area contributed by atoms with Gasteiger partial charge in [-0.2, -0.15) is 0 Å². The van der Waals surface area contributed by atoms with Crippen molar-refractivity contribution in [2.24, 2.45) is 0 Å². The van der Waals surface area contributed by atoms with E-state index in [2.05, 4.69) is 30.2 Å². The molecule has 2 aliphatic heterocycles. The minimum absolute atomic E-state index is 0.225. The van der Waals surface area contributed by atoms with E-state index in [9.17, 15) is 4.79 Å². The second-order valence-corrected chi connectivity index (χ2v) is 8.52. The van der Waals surface area contributed by atoms with Crippen LogP contribution in [0.5, 0.6) is 0 Å². The molecule has 1 saturated carbocycles. The number of rotatable bonds is 6. The summed E-state index contributed by atoms with van der Waals surface area (Å²) in [4.78, 5) is 19.8. The molecule has 9 heteroatoms. The first kappa shape index (κ1) is 20.7. The molecule has 1 aromatic rings. The highest BCUT2D eigenvalue weighted by molar-refractivity contribution is 5.76. The van der Waals surface area contributed by atoms with Crippen LogP contribution in [0.1, 0.15) is 50.8 Å². The van der Waals surface area contributed by atoms with Crippen molar-refractivity contribution in [3.8, 4) is 0 Å². The number of hydrogen-bond acceptors (Lipinski definition) is 7. The predicted molar refractivity (Wildman–Crippen MR) is 108 cm³/mol. The molecule has 1 aliphatic carbocycles. The van der Waals surface area contributed by atoms with Gasteiger partial charge in [0, 0.05) is 51.7 Å². The molecule has 9 nitrogen and oxygen atoms in total. The molecular weight excluding hydrogens is 370 g/mol. The highest BCUT2D eigenvalue weighted by atomic mass is 16.5. The summed E-state index contributed by atoms with van der Waals surface area (Å²) in [6.07, 6.45) is 8.32. The average Bonchev–Trinajstić information content (AvgIpc) is 3.05. The van der Waals surface area contributed by atoms with E-state index >= 15 is 0 Å². The number of aryl methyl sites for hydroxylation is 1. The summed E-state index contributed by atoms with van der Waals surface area (Å²) in [5.74, 6) is 1.06. The molecule has 0 bridgehead atoms. The Bertz CT molecular complexity index is 641. The van der Waals surface area contributed by atoms with Gasteiger partial charge in [0.15, 0.2) is 5.82 Å². The summed E-state index contributed by atoms with van der Waals surface area (Å²) in [6, 6.07) is 0.739. The minimum atomic E-state index is 0.225. The molecule has 1 aromatic heterocycles. The minimum Gasteiger partial charge on any atom is -0.379 e. The maximum absolute atomic E-state index is 12.8. The third kappa shape index (κ3) is 5.73. The number of tetrazole rings is 1. The number of hydrogen-bond donors (Lipinski definition) is 0. The molecule has 2 saturated heterocycles. The average molecular weight is 406 g/mol. The van der Waals surface area contributed by atoms with E-state index in [4.69, 9.17) is 4.74 Å². The van der Waals surface area contributed by atoms with Crippen LogP contribution in [0, 0.1) is 0 Å². The van der Waals surface area contributed by atoms with Crippen molar-refractivity contribution in [1.29, 1.82) is 0 Å². The van der Waals surface area contributed by atoms with Gasteiger partial charge in [-0.25, -0.2) is 4.68 Å². The number of carbonyl (C=O) groups excluding carboxylic acids is 1. The largest absolute Gasteiger partial charge is 0.379 e. The number of amides is 1. The lowest BCUT2D eigenvalue weighted by atomic mass is 9.94. The Morgan fingerprint density at radius 1 is 0.966 bits per heavy atom. The van der Waals surface area contributed by atoms with Crippen LogP contribution in [-0.4, -0.2) is 99.3 Å². The molecule has 3 heterocycles. The molecule has 3 aliphatic rings. The summed E-state index contributed by atoms with van der Waals surface area (Å²) < 4.78 is 7.19. The van der Waals surface area contributed by atoms with Crippen LogP contribution in [-0.2, 0) is 22.6 Å². The molecule has 4 rings (SSSR count). The summed E-state index contributed by atoms with van der Waals surface area (Å²) in [5.41, 5.74) is 0. The predicted octanol–water partition coefficient (Wildman–Crippen LogP) is 0.762. The van der Waals surface area contributed by atoms with Crippen molar-refractivity contribution >= 4 is 5.91 Å². The number of ether oxygens (including phenoxy) is 1. The van der Waals surface area contributed by atoms with Crippen LogP contribution in [0.3, 0.4) is 0 Å². The fourth-order valence-electron chi connectivity index (χ4n) is 4.83. The molecule has 3 fully saturated rings. The van der Waals surface area contributed by atoms with Gasteiger partial charge in [-0.05, 0) is 29.7 Å². The van der Waals surface area contributed by atoms with E-state index < -0.39 is 0 Å². The lowest BCUT2D eigenvalue weighted by Gasteiger charge is -2.33. The number of carbonyl (C=O) groups is 1. The highest BCUT2D eigenvalue weighted by Gasteiger charge is 2.25. The zero-order valence-electron chi connectivity index (χ0n) is 17.5. The van der Waals surface area contributed by atoms with Gasteiger partial charge in [0.05, 0.1) is 26.3 Å². The summed E-state index contributed by atoms with van der Waals surface area (Å²) >= 11 is 0. The zero-order valence-corrected chi connectivity index (χ0v) is 17.5. The normalized spacial score (nSPS) is 23.2. The van der Waals surface area contributed by atoms with Crippen LogP contribution in [0.4, 0.5) is 0 Å². The molecule has 29 heavy (non-hydrogen) atoms.